The summed E-state index contributed by atoms with van der Waals surface area (Å²) in [4.78, 5) is 41.1. The molecule has 0 spiro atoms. The van der Waals surface area contributed by atoms with Crippen LogP contribution in [0.2, 0.25) is 0 Å². The molecule has 1 amide bonds. The van der Waals surface area contributed by atoms with E-state index in [1.54, 1.807) is 6.92 Å². The van der Waals surface area contributed by atoms with Gasteiger partial charge in [-0.25, -0.2) is 4.79 Å². The Bertz CT molecular complexity index is 945. The van der Waals surface area contributed by atoms with Crippen molar-refractivity contribution in [1.29, 1.82) is 0 Å². The normalized spacial score (nSPS) is 27.1. The SMILES string of the molecule is [2H]C([2H])([2H])C([2H])(N[C@H](CCC)C(=O)OCC)C(=O)N1[C@H](C(=O)OCc2ccccc2)C[C@@H]2CCCC[C@@H]21. The van der Waals surface area contributed by atoms with Crippen LogP contribution >= 0.6 is 0 Å². The molecule has 0 bridgehead atoms. The molecule has 7 nitrogen and oxygen atoms in total. The molecule has 1 saturated heterocycles. The molecule has 3 rings (SSSR count). The predicted octanol–water partition coefficient (Wildman–Crippen LogP) is 3.60. The lowest BCUT2D eigenvalue weighted by Crippen LogP contribution is -2.55. The molecular weight excluding hydrogens is 420 g/mol. The van der Waals surface area contributed by atoms with Crippen molar-refractivity contribution < 1.29 is 29.3 Å². The number of esters is 2. The number of nitrogens with zero attached hydrogens (tertiary/aromatic N) is 1. The van der Waals surface area contributed by atoms with Crippen LogP contribution in [0.4, 0.5) is 0 Å². The van der Waals surface area contributed by atoms with Crippen LogP contribution in [-0.2, 0) is 30.5 Å². The summed E-state index contributed by atoms with van der Waals surface area (Å²) in [6.45, 7) is 0.427. The number of hydrogen-bond donors (Lipinski definition) is 1. The monoisotopic (exact) mass is 462 g/mol. The number of hydrogen-bond acceptors (Lipinski definition) is 6. The second-order valence-corrected chi connectivity index (χ2v) is 8.78. The summed E-state index contributed by atoms with van der Waals surface area (Å²) in [6, 6.07) is 3.80. The van der Waals surface area contributed by atoms with Gasteiger partial charge in [0.1, 0.15) is 18.7 Å². The second kappa shape index (κ2) is 12.2. The third-order valence-corrected chi connectivity index (χ3v) is 6.50. The highest BCUT2D eigenvalue weighted by atomic mass is 16.5. The number of fused-ring (bicyclic) bond motifs is 1. The van der Waals surface area contributed by atoms with Crippen molar-refractivity contribution in [3.8, 4) is 0 Å². The maximum absolute atomic E-state index is 14.0. The summed E-state index contributed by atoms with van der Waals surface area (Å²) in [5, 5.41) is 2.53. The van der Waals surface area contributed by atoms with Crippen molar-refractivity contribution in [2.24, 2.45) is 5.92 Å². The Kier molecular flexibility index (Phi) is 7.37. The molecule has 1 saturated carbocycles. The summed E-state index contributed by atoms with van der Waals surface area (Å²) in [7, 11) is 0. The molecule has 1 unspecified atom stereocenters. The van der Waals surface area contributed by atoms with Crippen molar-refractivity contribution in [3.63, 3.8) is 0 Å². The van der Waals surface area contributed by atoms with E-state index in [2.05, 4.69) is 5.32 Å². The van der Waals surface area contributed by atoms with E-state index in [1.807, 2.05) is 37.3 Å². The van der Waals surface area contributed by atoms with Crippen LogP contribution < -0.4 is 5.32 Å². The van der Waals surface area contributed by atoms with Gasteiger partial charge in [0.2, 0.25) is 5.91 Å². The van der Waals surface area contributed by atoms with Gasteiger partial charge in [0.25, 0.3) is 0 Å². The predicted molar refractivity (Wildman–Crippen MR) is 125 cm³/mol. The molecule has 0 radical (unpaired) electrons. The number of amides is 1. The summed E-state index contributed by atoms with van der Waals surface area (Å²) in [5.74, 6) is -2.35. The van der Waals surface area contributed by atoms with E-state index in [0.717, 1.165) is 24.8 Å². The highest BCUT2D eigenvalue weighted by Gasteiger charge is 2.49. The fourth-order valence-corrected chi connectivity index (χ4v) is 4.93. The molecule has 1 N–H and O–H groups in total. The molecular formula is C26H38N2O5. The molecule has 2 aliphatic rings. The van der Waals surface area contributed by atoms with Crippen molar-refractivity contribution in [2.45, 2.75) is 96.4 Å². The molecule has 1 aromatic rings. The zero-order valence-electron chi connectivity index (χ0n) is 23.5. The molecule has 1 aliphatic carbocycles. The number of ether oxygens (including phenoxy) is 2. The average Bonchev–Trinajstić information content (AvgIpc) is 3.26. The zero-order chi connectivity index (χ0) is 27.2. The third kappa shape index (κ3) is 6.34. The standard InChI is InChI=1S/C26H38N2O5/c1-4-11-21(25(30)32-5-2)27-18(3)24(29)28-22-15-10-9-14-20(22)16-23(28)26(31)33-17-19-12-7-6-8-13-19/h6-8,12-13,18,20-23,27H,4-5,9-11,14-17H2,1-3H3/t18?,20-,21+,22-,23-/m0/s1/i3D3,18D. The molecule has 5 atom stereocenters. The fraction of sp³-hybridized carbons (Fsp3) is 0.654. The molecule has 1 heterocycles. The van der Waals surface area contributed by atoms with Crippen LogP contribution in [0.1, 0.15) is 76.7 Å². The Hall–Kier alpha value is -2.41. The van der Waals surface area contributed by atoms with E-state index in [9.17, 15) is 14.4 Å². The van der Waals surface area contributed by atoms with Crippen molar-refractivity contribution in [1.82, 2.24) is 10.2 Å². The first-order chi connectivity index (χ1) is 17.5. The topological polar surface area (TPSA) is 84.9 Å². The second-order valence-electron chi connectivity index (χ2n) is 8.78. The fourth-order valence-electron chi connectivity index (χ4n) is 4.93. The number of carbonyl (C=O) groups excluding carboxylic acids is 3. The molecule has 0 aromatic heterocycles. The molecule has 33 heavy (non-hydrogen) atoms. The third-order valence-electron chi connectivity index (χ3n) is 6.50. The Morgan fingerprint density at radius 2 is 1.94 bits per heavy atom. The minimum absolute atomic E-state index is 0.0179. The van der Waals surface area contributed by atoms with E-state index < -0.39 is 42.8 Å². The first-order valence-electron chi connectivity index (χ1n) is 14.0. The lowest BCUT2D eigenvalue weighted by molar-refractivity contribution is -0.157. The lowest BCUT2D eigenvalue weighted by Gasteiger charge is -2.35. The van der Waals surface area contributed by atoms with Crippen LogP contribution in [0.5, 0.6) is 0 Å². The average molecular weight is 463 g/mol. The highest BCUT2D eigenvalue weighted by molar-refractivity contribution is 5.89. The number of rotatable bonds is 10. The Labute approximate surface area is 202 Å². The quantitative estimate of drug-likeness (QED) is 0.535. The van der Waals surface area contributed by atoms with E-state index in [1.165, 1.54) is 4.90 Å². The van der Waals surface area contributed by atoms with Gasteiger partial charge in [-0.05, 0) is 50.9 Å². The van der Waals surface area contributed by atoms with Crippen LogP contribution in [0.15, 0.2) is 30.3 Å². The number of likely N-dealkylation sites (tertiary alicyclic amines) is 1. The van der Waals surface area contributed by atoms with Gasteiger partial charge in [-0.1, -0.05) is 56.5 Å². The van der Waals surface area contributed by atoms with Crippen LogP contribution in [0.25, 0.3) is 0 Å². The minimum Gasteiger partial charge on any atom is -0.465 e. The van der Waals surface area contributed by atoms with Gasteiger partial charge in [-0.15, -0.1) is 0 Å². The molecule has 1 aliphatic heterocycles. The van der Waals surface area contributed by atoms with E-state index in [0.29, 0.717) is 19.3 Å². The number of nitrogens with one attached hydrogen (secondary N) is 1. The smallest absolute Gasteiger partial charge is 0.329 e. The number of carbonyl (C=O) groups is 3. The molecule has 182 valence electrons. The highest BCUT2D eigenvalue weighted by Crippen LogP contribution is 2.40. The first kappa shape index (κ1) is 20.0. The van der Waals surface area contributed by atoms with Crippen molar-refractivity contribution in [3.05, 3.63) is 35.9 Å². The number of benzene rings is 1. The van der Waals surface area contributed by atoms with Crippen LogP contribution in [0, 0.1) is 5.92 Å². The van der Waals surface area contributed by atoms with E-state index in [4.69, 9.17) is 15.0 Å². The summed E-state index contributed by atoms with van der Waals surface area (Å²) in [5.41, 5.74) is 0.792. The zero-order valence-corrected chi connectivity index (χ0v) is 19.5. The van der Waals surface area contributed by atoms with Gasteiger partial charge in [-0.3, -0.25) is 14.9 Å². The van der Waals surface area contributed by atoms with Crippen molar-refractivity contribution in [2.75, 3.05) is 6.61 Å². The summed E-state index contributed by atoms with van der Waals surface area (Å²) >= 11 is 0. The van der Waals surface area contributed by atoms with Gasteiger partial charge in [0.05, 0.1) is 14.0 Å². The molecule has 7 heteroatoms. The maximum atomic E-state index is 14.0. The van der Waals surface area contributed by atoms with Gasteiger partial charge in [0.15, 0.2) is 0 Å². The van der Waals surface area contributed by atoms with Gasteiger partial charge >= 0.3 is 11.9 Å². The van der Waals surface area contributed by atoms with Gasteiger partial charge in [0, 0.05) is 10.2 Å². The Balaban J connectivity index is 1.91. The Morgan fingerprint density at radius 3 is 2.64 bits per heavy atom. The van der Waals surface area contributed by atoms with E-state index in [-0.39, 0.29) is 31.6 Å². The first-order valence-corrected chi connectivity index (χ1v) is 12.0. The van der Waals surface area contributed by atoms with Gasteiger partial charge < -0.3 is 14.4 Å². The van der Waals surface area contributed by atoms with Crippen LogP contribution in [0.3, 0.4) is 0 Å². The lowest BCUT2D eigenvalue weighted by atomic mass is 9.84. The molecule has 1 aromatic carbocycles. The van der Waals surface area contributed by atoms with Crippen LogP contribution in [-0.4, -0.2) is 53.5 Å². The summed E-state index contributed by atoms with van der Waals surface area (Å²) in [6.07, 6.45) is 4.28. The van der Waals surface area contributed by atoms with E-state index >= 15 is 0 Å². The summed E-state index contributed by atoms with van der Waals surface area (Å²) < 4.78 is 43.9. The molecule has 2 fully saturated rings. The maximum Gasteiger partial charge on any atom is 0.329 e. The largest absolute Gasteiger partial charge is 0.465 e. The van der Waals surface area contributed by atoms with Crippen molar-refractivity contribution >= 4 is 17.8 Å². The minimum atomic E-state index is -3.12. The Morgan fingerprint density at radius 1 is 1.18 bits per heavy atom. The van der Waals surface area contributed by atoms with Gasteiger partial charge in [-0.2, -0.15) is 0 Å².